The van der Waals surface area contributed by atoms with Crippen LogP contribution >= 0.6 is 0 Å². The van der Waals surface area contributed by atoms with Gasteiger partial charge in [0.2, 0.25) is 0 Å². The largest absolute Gasteiger partial charge is 0.493 e. The molecule has 0 radical (unpaired) electrons. The number of aryl methyl sites for hydroxylation is 1. The van der Waals surface area contributed by atoms with Crippen LogP contribution < -0.4 is 4.74 Å². The zero-order valence-corrected chi connectivity index (χ0v) is 11.2. The van der Waals surface area contributed by atoms with Crippen molar-refractivity contribution in [1.29, 1.82) is 0 Å². The predicted octanol–water partition coefficient (Wildman–Crippen LogP) is 3.46. The molecule has 3 heteroatoms. The van der Waals surface area contributed by atoms with Gasteiger partial charge in [-0.05, 0) is 36.6 Å². The highest BCUT2D eigenvalue weighted by atomic mass is 16.5. The van der Waals surface area contributed by atoms with E-state index in [0.717, 1.165) is 23.6 Å². The van der Waals surface area contributed by atoms with Gasteiger partial charge < -0.3 is 4.74 Å². The SMILES string of the molecule is Cc1cc(CCOc2ccc(C(C)C)cc2)n[nH]1. The fourth-order valence-corrected chi connectivity index (χ4v) is 1.82. The Balaban J connectivity index is 1.83. The van der Waals surface area contributed by atoms with Crippen molar-refractivity contribution in [3.8, 4) is 5.75 Å². The molecule has 0 atom stereocenters. The summed E-state index contributed by atoms with van der Waals surface area (Å²) in [5.41, 5.74) is 3.47. The molecular formula is C15H20N2O. The third-order valence-electron chi connectivity index (χ3n) is 2.93. The second-order valence-corrected chi connectivity index (χ2v) is 4.86. The van der Waals surface area contributed by atoms with E-state index >= 15 is 0 Å². The minimum Gasteiger partial charge on any atom is -0.493 e. The van der Waals surface area contributed by atoms with Crippen molar-refractivity contribution in [2.45, 2.75) is 33.1 Å². The standard InChI is InChI=1S/C15H20N2O/c1-11(2)13-4-6-15(7-5-13)18-9-8-14-10-12(3)16-17-14/h4-7,10-11H,8-9H2,1-3H3,(H,16,17). The lowest BCUT2D eigenvalue weighted by Crippen LogP contribution is -2.01. The van der Waals surface area contributed by atoms with E-state index in [1.54, 1.807) is 0 Å². The molecule has 0 spiro atoms. The predicted molar refractivity (Wildman–Crippen MR) is 73.1 cm³/mol. The first-order chi connectivity index (χ1) is 8.65. The van der Waals surface area contributed by atoms with E-state index in [1.165, 1.54) is 5.56 Å². The molecule has 2 aromatic rings. The monoisotopic (exact) mass is 244 g/mol. The van der Waals surface area contributed by atoms with Gasteiger partial charge in [0.05, 0.1) is 12.3 Å². The molecule has 96 valence electrons. The highest BCUT2D eigenvalue weighted by Crippen LogP contribution is 2.18. The Kier molecular flexibility index (Phi) is 4.03. The van der Waals surface area contributed by atoms with Gasteiger partial charge in [-0.3, -0.25) is 5.10 Å². The first-order valence-corrected chi connectivity index (χ1v) is 6.39. The summed E-state index contributed by atoms with van der Waals surface area (Å²) in [4.78, 5) is 0. The molecule has 1 aromatic carbocycles. The zero-order valence-electron chi connectivity index (χ0n) is 11.2. The second kappa shape index (κ2) is 5.71. The molecule has 0 saturated carbocycles. The van der Waals surface area contributed by atoms with E-state index in [4.69, 9.17) is 4.74 Å². The Morgan fingerprint density at radius 2 is 1.94 bits per heavy atom. The summed E-state index contributed by atoms with van der Waals surface area (Å²) in [7, 11) is 0. The number of aromatic nitrogens is 2. The Morgan fingerprint density at radius 3 is 2.50 bits per heavy atom. The van der Waals surface area contributed by atoms with Crippen LogP contribution in [0.1, 0.15) is 36.7 Å². The van der Waals surface area contributed by atoms with Crippen LogP contribution in [0, 0.1) is 6.92 Å². The fourth-order valence-electron chi connectivity index (χ4n) is 1.82. The number of hydrogen-bond acceptors (Lipinski definition) is 2. The number of H-pyrrole nitrogens is 1. The number of aromatic amines is 1. The Labute approximate surface area is 108 Å². The number of nitrogens with one attached hydrogen (secondary N) is 1. The van der Waals surface area contributed by atoms with Gasteiger partial charge in [0, 0.05) is 12.1 Å². The van der Waals surface area contributed by atoms with E-state index in [0.29, 0.717) is 12.5 Å². The molecule has 1 N–H and O–H groups in total. The van der Waals surface area contributed by atoms with Gasteiger partial charge in [-0.1, -0.05) is 26.0 Å². The summed E-state index contributed by atoms with van der Waals surface area (Å²) in [6, 6.07) is 10.4. The zero-order chi connectivity index (χ0) is 13.0. The van der Waals surface area contributed by atoms with Crippen molar-refractivity contribution in [2.24, 2.45) is 0 Å². The summed E-state index contributed by atoms with van der Waals surface area (Å²) in [6.45, 7) is 7.04. The summed E-state index contributed by atoms with van der Waals surface area (Å²) >= 11 is 0. The summed E-state index contributed by atoms with van der Waals surface area (Å²) in [5.74, 6) is 1.48. The third-order valence-corrected chi connectivity index (χ3v) is 2.93. The molecular weight excluding hydrogens is 224 g/mol. The second-order valence-electron chi connectivity index (χ2n) is 4.86. The van der Waals surface area contributed by atoms with Crippen LogP contribution in [0.25, 0.3) is 0 Å². The Morgan fingerprint density at radius 1 is 1.22 bits per heavy atom. The summed E-state index contributed by atoms with van der Waals surface area (Å²) < 4.78 is 5.70. The summed E-state index contributed by atoms with van der Waals surface area (Å²) in [5, 5.41) is 7.11. The maximum Gasteiger partial charge on any atom is 0.119 e. The van der Waals surface area contributed by atoms with Gasteiger partial charge in [-0.25, -0.2) is 0 Å². The molecule has 1 aromatic heterocycles. The van der Waals surface area contributed by atoms with Gasteiger partial charge in [0.15, 0.2) is 0 Å². The molecule has 0 unspecified atom stereocenters. The molecule has 0 fully saturated rings. The van der Waals surface area contributed by atoms with Gasteiger partial charge in [-0.2, -0.15) is 5.10 Å². The Bertz CT molecular complexity index is 485. The van der Waals surface area contributed by atoms with Crippen molar-refractivity contribution < 1.29 is 4.74 Å². The van der Waals surface area contributed by atoms with Gasteiger partial charge in [0.25, 0.3) is 0 Å². The quantitative estimate of drug-likeness (QED) is 0.874. The molecule has 18 heavy (non-hydrogen) atoms. The third kappa shape index (κ3) is 3.36. The molecule has 2 rings (SSSR count). The van der Waals surface area contributed by atoms with E-state index in [1.807, 2.05) is 25.1 Å². The van der Waals surface area contributed by atoms with Crippen molar-refractivity contribution in [3.05, 3.63) is 47.3 Å². The molecule has 0 aliphatic heterocycles. The molecule has 0 aliphatic carbocycles. The van der Waals surface area contributed by atoms with Crippen molar-refractivity contribution in [1.82, 2.24) is 10.2 Å². The lowest BCUT2D eigenvalue weighted by Gasteiger charge is -2.08. The summed E-state index contributed by atoms with van der Waals surface area (Å²) in [6.07, 6.45) is 0.830. The smallest absolute Gasteiger partial charge is 0.119 e. The van der Waals surface area contributed by atoms with Crippen molar-refractivity contribution >= 4 is 0 Å². The molecule has 0 aliphatic rings. The minimum absolute atomic E-state index is 0.561. The van der Waals surface area contributed by atoms with Crippen LogP contribution in [0.4, 0.5) is 0 Å². The number of nitrogens with zero attached hydrogens (tertiary/aromatic N) is 1. The molecule has 0 bridgehead atoms. The van der Waals surface area contributed by atoms with Crippen molar-refractivity contribution in [3.63, 3.8) is 0 Å². The number of rotatable bonds is 5. The Hall–Kier alpha value is -1.77. The van der Waals surface area contributed by atoms with Gasteiger partial charge >= 0.3 is 0 Å². The molecule has 0 saturated heterocycles. The van der Waals surface area contributed by atoms with E-state index in [9.17, 15) is 0 Å². The van der Waals surface area contributed by atoms with Gasteiger partial charge in [-0.15, -0.1) is 0 Å². The van der Waals surface area contributed by atoms with E-state index in [2.05, 4.69) is 36.2 Å². The molecule has 1 heterocycles. The average molecular weight is 244 g/mol. The van der Waals surface area contributed by atoms with Crippen LogP contribution in [0.15, 0.2) is 30.3 Å². The first-order valence-electron chi connectivity index (χ1n) is 6.39. The molecule has 0 amide bonds. The highest BCUT2D eigenvalue weighted by Gasteiger charge is 2.01. The number of hydrogen-bond donors (Lipinski definition) is 1. The molecule has 3 nitrogen and oxygen atoms in total. The lowest BCUT2D eigenvalue weighted by atomic mass is 10.0. The highest BCUT2D eigenvalue weighted by molar-refractivity contribution is 5.28. The fraction of sp³-hybridized carbons (Fsp3) is 0.400. The van der Waals surface area contributed by atoms with Crippen LogP contribution in [0.2, 0.25) is 0 Å². The number of ether oxygens (including phenoxy) is 1. The van der Waals surface area contributed by atoms with E-state index in [-0.39, 0.29) is 0 Å². The number of benzene rings is 1. The first kappa shape index (κ1) is 12.7. The topological polar surface area (TPSA) is 37.9 Å². The maximum atomic E-state index is 5.70. The van der Waals surface area contributed by atoms with Crippen molar-refractivity contribution in [2.75, 3.05) is 6.61 Å². The maximum absolute atomic E-state index is 5.70. The minimum atomic E-state index is 0.561. The average Bonchev–Trinajstić information content (AvgIpc) is 2.76. The van der Waals surface area contributed by atoms with Crippen LogP contribution in [0.5, 0.6) is 5.75 Å². The van der Waals surface area contributed by atoms with Crippen LogP contribution in [0.3, 0.4) is 0 Å². The normalized spacial score (nSPS) is 10.9. The van der Waals surface area contributed by atoms with Gasteiger partial charge in [0.1, 0.15) is 5.75 Å². The van der Waals surface area contributed by atoms with Crippen LogP contribution in [-0.4, -0.2) is 16.8 Å². The van der Waals surface area contributed by atoms with E-state index < -0.39 is 0 Å². The van der Waals surface area contributed by atoms with Crippen LogP contribution in [-0.2, 0) is 6.42 Å². The lowest BCUT2D eigenvalue weighted by molar-refractivity contribution is 0.320.